The number of carbonyl (C=O) groups is 1. The van der Waals surface area contributed by atoms with E-state index in [-0.39, 0.29) is 23.7 Å². The van der Waals surface area contributed by atoms with Gasteiger partial charge in [0.05, 0.1) is 21.8 Å². The van der Waals surface area contributed by atoms with E-state index in [4.69, 9.17) is 0 Å². The zero-order chi connectivity index (χ0) is 16.3. The number of rotatable bonds is 5. The summed E-state index contributed by atoms with van der Waals surface area (Å²) in [6, 6.07) is 6.92. The highest BCUT2D eigenvalue weighted by Crippen LogP contribution is 2.23. The average molecular weight is 305 g/mol. The van der Waals surface area contributed by atoms with Crippen LogP contribution in [0.1, 0.15) is 5.69 Å². The summed E-state index contributed by atoms with van der Waals surface area (Å²) in [5.74, 6) is -0.939. The van der Waals surface area contributed by atoms with Crippen LogP contribution >= 0.6 is 0 Å². The molecule has 0 unspecified atom stereocenters. The molecule has 22 heavy (non-hydrogen) atoms. The maximum absolute atomic E-state index is 11.9. The Morgan fingerprint density at radius 1 is 1.27 bits per heavy atom. The van der Waals surface area contributed by atoms with Crippen LogP contribution in [0.25, 0.3) is 0 Å². The number of hydrogen-bond acceptors (Lipinski definition) is 6. The Labute approximate surface area is 123 Å². The number of amides is 1. The smallest absolute Gasteiger partial charge is 0.358 e. The van der Waals surface area contributed by atoms with Crippen LogP contribution in [0.5, 0.6) is 0 Å². The van der Waals surface area contributed by atoms with Gasteiger partial charge in [0.1, 0.15) is 12.2 Å². The number of aryl methyl sites for hydroxylation is 1. The van der Waals surface area contributed by atoms with E-state index in [0.29, 0.717) is 5.69 Å². The predicted octanol–water partition coefficient (Wildman–Crippen LogP) is 1.65. The largest absolute Gasteiger partial charge is 0.390 e. The zero-order valence-corrected chi connectivity index (χ0v) is 11.4. The molecule has 0 radical (unpaired) electrons. The van der Waals surface area contributed by atoms with E-state index in [0.717, 1.165) is 4.68 Å². The first-order valence-electron chi connectivity index (χ1n) is 6.10. The first-order valence-corrected chi connectivity index (χ1v) is 6.10. The fourth-order valence-corrected chi connectivity index (χ4v) is 1.81. The van der Waals surface area contributed by atoms with Gasteiger partial charge < -0.3 is 15.4 Å². The van der Waals surface area contributed by atoms with Gasteiger partial charge in [-0.2, -0.15) is 4.68 Å². The molecule has 2 rings (SSSR count). The lowest BCUT2D eigenvalue weighted by atomic mass is 10.2. The number of hydrogen-bond donors (Lipinski definition) is 1. The molecule has 1 aromatic heterocycles. The molecular weight excluding hydrogens is 294 g/mol. The third kappa shape index (κ3) is 3.23. The normalized spacial score (nSPS) is 10.2. The second kappa shape index (κ2) is 5.99. The van der Waals surface area contributed by atoms with Crippen molar-refractivity contribution < 1.29 is 14.6 Å². The van der Waals surface area contributed by atoms with Crippen LogP contribution in [0.2, 0.25) is 0 Å². The minimum Gasteiger partial charge on any atom is -0.358 e. The van der Waals surface area contributed by atoms with Crippen molar-refractivity contribution in [3.63, 3.8) is 0 Å². The molecule has 1 N–H and O–H groups in total. The fraction of sp³-hybridized carbons (Fsp3) is 0.167. The van der Waals surface area contributed by atoms with Gasteiger partial charge in [-0.15, -0.1) is 0 Å². The minimum absolute atomic E-state index is 0.0526. The van der Waals surface area contributed by atoms with E-state index in [1.165, 1.54) is 24.3 Å². The van der Waals surface area contributed by atoms with Crippen molar-refractivity contribution in [2.24, 2.45) is 0 Å². The lowest BCUT2D eigenvalue weighted by Gasteiger charge is -2.05. The zero-order valence-electron chi connectivity index (χ0n) is 11.4. The van der Waals surface area contributed by atoms with Crippen LogP contribution in [0.3, 0.4) is 0 Å². The van der Waals surface area contributed by atoms with Crippen molar-refractivity contribution in [1.29, 1.82) is 0 Å². The first-order chi connectivity index (χ1) is 10.4. The molecule has 0 bridgehead atoms. The minimum atomic E-state index is -0.663. The molecule has 114 valence electrons. The van der Waals surface area contributed by atoms with Crippen LogP contribution < -0.4 is 5.32 Å². The van der Waals surface area contributed by atoms with Gasteiger partial charge in [0.25, 0.3) is 5.69 Å². The Morgan fingerprint density at radius 3 is 2.55 bits per heavy atom. The van der Waals surface area contributed by atoms with Gasteiger partial charge in [0.15, 0.2) is 0 Å². The summed E-state index contributed by atoms with van der Waals surface area (Å²) < 4.78 is 1.15. The molecule has 0 fully saturated rings. The van der Waals surface area contributed by atoms with Crippen molar-refractivity contribution in [2.45, 2.75) is 13.5 Å². The average Bonchev–Trinajstić information content (AvgIpc) is 2.80. The number of anilines is 1. The molecule has 0 atom stereocenters. The summed E-state index contributed by atoms with van der Waals surface area (Å²) in [5, 5.41) is 27.5. The molecule has 10 heteroatoms. The predicted molar refractivity (Wildman–Crippen MR) is 75.3 cm³/mol. The molecular formula is C12H11N5O5. The highest BCUT2D eigenvalue weighted by Gasteiger charge is 2.19. The maximum Gasteiger partial charge on any atom is 0.390 e. The van der Waals surface area contributed by atoms with Gasteiger partial charge in [-0.1, -0.05) is 12.1 Å². The topological polar surface area (TPSA) is 133 Å². The lowest BCUT2D eigenvalue weighted by molar-refractivity contribution is -0.389. The van der Waals surface area contributed by atoms with Crippen LogP contribution in [0.15, 0.2) is 30.3 Å². The van der Waals surface area contributed by atoms with Gasteiger partial charge in [-0.25, -0.2) is 0 Å². The van der Waals surface area contributed by atoms with Gasteiger partial charge in [0.2, 0.25) is 5.91 Å². The maximum atomic E-state index is 11.9. The number of carbonyl (C=O) groups excluding carboxylic acids is 1. The number of nitro benzene ring substituents is 1. The molecule has 1 heterocycles. The van der Waals surface area contributed by atoms with Crippen LogP contribution in [-0.4, -0.2) is 25.5 Å². The number of para-hydroxylation sites is 2. The summed E-state index contributed by atoms with van der Waals surface area (Å²) in [5.41, 5.74) is 0.250. The van der Waals surface area contributed by atoms with E-state index in [9.17, 15) is 25.0 Å². The SMILES string of the molecule is Cc1cc([N+](=O)[O-])nn1CC(=O)Nc1ccccc1[N+](=O)[O-]. The quantitative estimate of drug-likeness (QED) is 0.659. The van der Waals surface area contributed by atoms with Gasteiger partial charge in [0, 0.05) is 6.07 Å². The Morgan fingerprint density at radius 2 is 1.95 bits per heavy atom. The van der Waals surface area contributed by atoms with Gasteiger partial charge in [-0.3, -0.25) is 14.9 Å². The van der Waals surface area contributed by atoms with Crippen molar-refractivity contribution in [2.75, 3.05) is 5.32 Å². The first kappa shape index (κ1) is 15.1. The van der Waals surface area contributed by atoms with E-state index in [1.54, 1.807) is 13.0 Å². The second-order valence-electron chi connectivity index (χ2n) is 4.38. The van der Waals surface area contributed by atoms with Gasteiger partial charge in [-0.05, 0) is 17.9 Å². The monoisotopic (exact) mass is 305 g/mol. The van der Waals surface area contributed by atoms with Crippen LogP contribution in [0.4, 0.5) is 17.2 Å². The molecule has 1 amide bonds. The number of benzene rings is 1. The number of nitro groups is 2. The molecule has 0 spiro atoms. The summed E-state index contributed by atoms with van der Waals surface area (Å²) in [7, 11) is 0. The number of nitrogens with one attached hydrogen (secondary N) is 1. The van der Waals surface area contributed by atoms with Crippen LogP contribution in [-0.2, 0) is 11.3 Å². The molecule has 0 saturated carbocycles. The molecule has 0 aliphatic heterocycles. The van der Waals surface area contributed by atoms with E-state index in [1.807, 2.05) is 0 Å². The highest BCUT2D eigenvalue weighted by atomic mass is 16.6. The molecule has 10 nitrogen and oxygen atoms in total. The number of aromatic nitrogens is 2. The second-order valence-corrected chi connectivity index (χ2v) is 4.38. The van der Waals surface area contributed by atoms with Gasteiger partial charge >= 0.3 is 5.82 Å². The summed E-state index contributed by atoms with van der Waals surface area (Å²) >= 11 is 0. The Bertz CT molecular complexity index is 754. The van der Waals surface area contributed by atoms with Crippen molar-refractivity contribution >= 4 is 23.1 Å². The van der Waals surface area contributed by atoms with Crippen molar-refractivity contribution in [3.05, 3.63) is 56.3 Å². The van der Waals surface area contributed by atoms with Crippen LogP contribution in [0, 0.1) is 27.2 Å². The number of nitrogens with zero attached hydrogens (tertiary/aromatic N) is 4. The van der Waals surface area contributed by atoms with Crippen molar-refractivity contribution in [3.8, 4) is 0 Å². The highest BCUT2D eigenvalue weighted by molar-refractivity contribution is 5.92. The Balaban J connectivity index is 2.14. The van der Waals surface area contributed by atoms with E-state index >= 15 is 0 Å². The Hall–Kier alpha value is -3.30. The third-order valence-electron chi connectivity index (χ3n) is 2.82. The summed E-state index contributed by atoms with van der Waals surface area (Å²) in [6.07, 6.45) is 0. The van der Waals surface area contributed by atoms with E-state index < -0.39 is 15.8 Å². The molecule has 0 aliphatic carbocycles. The molecule has 0 saturated heterocycles. The fourth-order valence-electron chi connectivity index (χ4n) is 1.81. The van der Waals surface area contributed by atoms with E-state index in [2.05, 4.69) is 10.4 Å². The Kier molecular flexibility index (Phi) is 4.11. The molecule has 1 aromatic carbocycles. The standard InChI is InChI=1S/C12H11N5O5/c1-8-6-11(17(21)22)14-15(8)7-12(18)13-9-4-2-3-5-10(9)16(19)20/h2-6H,7H2,1H3,(H,13,18). The molecule has 2 aromatic rings. The van der Waals surface area contributed by atoms with Crippen molar-refractivity contribution in [1.82, 2.24) is 9.78 Å². The molecule has 0 aliphatic rings. The lowest BCUT2D eigenvalue weighted by Crippen LogP contribution is -2.20. The summed E-state index contributed by atoms with van der Waals surface area (Å²) in [4.78, 5) is 32.1. The third-order valence-corrected chi connectivity index (χ3v) is 2.82. The summed E-state index contributed by atoms with van der Waals surface area (Å²) in [6.45, 7) is 1.28.